The fourth-order valence-corrected chi connectivity index (χ4v) is 1.94. The number of aromatic amines is 1. The van der Waals surface area contributed by atoms with Crippen molar-refractivity contribution in [1.82, 2.24) is 19.5 Å². The molecule has 2 aromatic rings. The molecule has 6 heteroatoms. The standard InChI is InChI=1S/C11H12N4O2/c1-15-4-3-12-10(15)9-13-8-2-5-17-6-7(8)11(16)14-9/h3-4H,2,5-6H2,1H3,(H,13,14,16). The molecule has 0 atom stereocenters. The zero-order valence-corrected chi connectivity index (χ0v) is 9.43. The van der Waals surface area contributed by atoms with Gasteiger partial charge in [0, 0.05) is 25.9 Å². The predicted molar refractivity (Wildman–Crippen MR) is 60.4 cm³/mol. The third-order valence-electron chi connectivity index (χ3n) is 2.86. The van der Waals surface area contributed by atoms with Crippen LogP contribution in [0.25, 0.3) is 11.6 Å². The van der Waals surface area contributed by atoms with Crippen LogP contribution < -0.4 is 5.56 Å². The Bertz CT molecular complexity index is 614. The smallest absolute Gasteiger partial charge is 0.257 e. The molecular weight excluding hydrogens is 220 g/mol. The van der Waals surface area contributed by atoms with Gasteiger partial charge in [-0.2, -0.15) is 0 Å². The van der Waals surface area contributed by atoms with E-state index in [-0.39, 0.29) is 5.56 Å². The molecule has 0 aliphatic carbocycles. The molecule has 0 radical (unpaired) electrons. The van der Waals surface area contributed by atoms with E-state index >= 15 is 0 Å². The van der Waals surface area contributed by atoms with Crippen molar-refractivity contribution in [2.45, 2.75) is 13.0 Å². The van der Waals surface area contributed by atoms with Crippen molar-refractivity contribution in [2.75, 3.05) is 6.61 Å². The number of imidazole rings is 1. The van der Waals surface area contributed by atoms with Gasteiger partial charge in [0.15, 0.2) is 11.6 Å². The van der Waals surface area contributed by atoms with E-state index in [0.29, 0.717) is 36.8 Å². The fourth-order valence-electron chi connectivity index (χ4n) is 1.94. The van der Waals surface area contributed by atoms with Crippen molar-refractivity contribution >= 4 is 0 Å². The van der Waals surface area contributed by atoms with Gasteiger partial charge >= 0.3 is 0 Å². The number of rotatable bonds is 1. The summed E-state index contributed by atoms with van der Waals surface area (Å²) in [6.07, 6.45) is 4.17. The van der Waals surface area contributed by atoms with Crippen molar-refractivity contribution in [2.24, 2.45) is 7.05 Å². The van der Waals surface area contributed by atoms with Gasteiger partial charge < -0.3 is 14.3 Å². The van der Waals surface area contributed by atoms with Crippen LogP contribution in [0.3, 0.4) is 0 Å². The number of hydrogen-bond donors (Lipinski definition) is 1. The minimum absolute atomic E-state index is 0.132. The van der Waals surface area contributed by atoms with Crippen molar-refractivity contribution in [3.8, 4) is 11.6 Å². The van der Waals surface area contributed by atoms with E-state index in [9.17, 15) is 4.79 Å². The summed E-state index contributed by atoms with van der Waals surface area (Å²) in [6, 6.07) is 0. The molecule has 1 aliphatic rings. The largest absolute Gasteiger partial charge is 0.376 e. The molecular formula is C11H12N4O2. The molecule has 0 spiro atoms. The number of aromatic nitrogens is 4. The van der Waals surface area contributed by atoms with E-state index in [1.165, 1.54) is 0 Å². The zero-order chi connectivity index (χ0) is 11.8. The summed E-state index contributed by atoms with van der Waals surface area (Å²) < 4.78 is 7.07. The minimum atomic E-state index is -0.132. The van der Waals surface area contributed by atoms with Crippen LogP contribution in [-0.4, -0.2) is 26.1 Å². The first kappa shape index (κ1) is 10.2. The number of nitrogens with one attached hydrogen (secondary N) is 1. The second kappa shape index (κ2) is 3.81. The summed E-state index contributed by atoms with van der Waals surface area (Å²) in [6.45, 7) is 0.960. The maximum Gasteiger partial charge on any atom is 0.257 e. The maximum absolute atomic E-state index is 11.9. The fraction of sp³-hybridized carbons (Fsp3) is 0.364. The summed E-state index contributed by atoms with van der Waals surface area (Å²) in [5, 5.41) is 0. The van der Waals surface area contributed by atoms with E-state index in [4.69, 9.17) is 4.74 Å². The van der Waals surface area contributed by atoms with Crippen LogP contribution in [0, 0.1) is 0 Å². The molecule has 3 rings (SSSR count). The van der Waals surface area contributed by atoms with Gasteiger partial charge in [-0.25, -0.2) is 9.97 Å². The average molecular weight is 232 g/mol. The lowest BCUT2D eigenvalue weighted by atomic mass is 10.1. The van der Waals surface area contributed by atoms with E-state index in [1.54, 1.807) is 6.20 Å². The van der Waals surface area contributed by atoms with Crippen LogP contribution in [-0.2, 0) is 24.8 Å². The molecule has 1 aliphatic heterocycles. The maximum atomic E-state index is 11.9. The summed E-state index contributed by atoms with van der Waals surface area (Å²) in [4.78, 5) is 23.3. The quantitative estimate of drug-likeness (QED) is 0.764. The predicted octanol–water partition coefficient (Wildman–Crippen LogP) is 0.243. The topological polar surface area (TPSA) is 72.8 Å². The lowest BCUT2D eigenvalue weighted by Gasteiger charge is -2.15. The number of hydrogen-bond acceptors (Lipinski definition) is 4. The third-order valence-corrected chi connectivity index (χ3v) is 2.86. The Labute approximate surface area is 97.3 Å². The number of H-pyrrole nitrogens is 1. The molecule has 6 nitrogen and oxygen atoms in total. The highest BCUT2D eigenvalue weighted by Gasteiger charge is 2.17. The molecule has 0 amide bonds. The van der Waals surface area contributed by atoms with E-state index < -0.39 is 0 Å². The second-order valence-corrected chi connectivity index (χ2v) is 4.00. The highest BCUT2D eigenvalue weighted by molar-refractivity contribution is 5.44. The van der Waals surface area contributed by atoms with Crippen LogP contribution in [0.5, 0.6) is 0 Å². The summed E-state index contributed by atoms with van der Waals surface area (Å²) in [7, 11) is 1.87. The summed E-state index contributed by atoms with van der Waals surface area (Å²) in [5.41, 5.74) is 1.32. The monoisotopic (exact) mass is 232 g/mol. The Kier molecular flexibility index (Phi) is 2.29. The third kappa shape index (κ3) is 1.66. The average Bonchev–Trinajstić information content (AvgIpc) is 2.75. The number of ether oxygens (including phenoxy) is 1. The van der Waals surface area contributed by atoms with Crippen LogP contribution in [0.15, 0.2) is 17.2 Å². The molecule has 17 heavy (non-hydrogen) atoms. The summed E-state index contributed by atoms with van der Waals surface area (Å²) >= 11 is 0. The Balaban J connectivity index is 2.17. The van der Waals surface area contributed by atoms with Crippen LogP contribution in [0.2, 0.25) is 0 Å². The Morgan fingerprint density at radius 2 is 2.41 bits per heavy atom. The number of nitrogens with zero attached hydrogens (tertiary/aromatic N) is 3. The first-order chi connectivity index (χ1) is 8.25. The van der Waals surface area contributed by atoms with Gasteiger partial charge in [-0.15, -0.1) is 0 Å². The molecule has 88 valence electrons. The molecule has 0 bridgehead atoms. The molecule has 0 saturated heterocycles. The normalized spacial score (nSPS) is 14.6. The second-order valence-electron chi connectivity index (χ2n) is 4.00. The zero-order valence-electron chi connectivity index (χ0n) is 9.43. The number of aryl methyl sites for hydroxylation is 1. The first-order valence-electron chi connectivity index (χ1n) is 5.43. The Morgan fingerprint density at radius 3 is 3.18 bits per heavy atom. The SMILES string of the molecule is Cn1ccnc1-c1nc2c(c(=O)[nH]1)COCC2. The van der Waals surface area contributed by atoms with Crippen molar-refractivity contribution in [1.29, 1.82) is 0 Å². The van der Waals surface area contributed by atoms with Gasteiger partial charge in [0.05, 0.1) is 24.5 Å². The molecule has 2 aromatic heterocycles. The van der Waals surface area contributed by atoms with Crippen molar-refractivity contribution in [3.63, 3.8) is 0 Å². The Morgan fingerprint density at radius 1 is 1.53 bits per heavy atom. The molecule has 1 N–H and O–H groups in total. The minimum Gasteiger partial charge on any atom is -0.376 e. The van der Waals surface area contributed by atoms with Gasteiger partial charge in [-0.05, 0) is 0 Å². The molecule has 0 aromatic carbocycles. The summed E-state index contributed by atoms with van der Waals surface area (Å²) in [5.74, 6) is 1.18. The van der Waals surface area contributed by atoms with Gasteiger partial charge in [-0.3, -0.25) is 4.79 Å². The van der Waals surface area contributed by atoms with Crippen molar-refractivity contribution in [3.05, 3.63) is 34.0 Å². The molecule has 0 fully saturated rings. The molecule has 0 saturated carbocycles. The van der Waals surface area contributed by atoms with Gasteiger partial charge in [0.1, 0.15) is 0 Å². The van der Waals surface area contributed by atoms with E-state index in [1.807, 2.05) is 17.8 Å². The van der Waals surface area contributed by atoms with E-state index in [0.717, 1.165) is 5.69 Å². The Hall–Kier alpha value is -1.95. The van der Waals surface area contributed by atoms with Crippen molar-refractivity contribution < 1.29 is 4.74 Å². The lowest BCUT2D eigenvalue weighted by Crippen LogP contribution is -2.24. The highest BCUT2D eigenvalue weighted by Crippen LogP contribution is 2.15. The van der Waals surface area contributed by atoms with E-state index in [2.05, 4.69) is 15.0 Å². The first-order valence-corrected chi connectivity index (χ1v) is 5.43. The highest BCUT2D eigenvalue weighted by atomic mass is 16.5. The van der Waals surface area contributed by atoms with Gasteiger partial charge in [-0.1, -0.05) is 0 Å². The lowest BCUT2D eigenvalue weighted by molar-refractivity contribution is 0.108. The molecule has 3 heterocycles. The van der Waals surface area contributed by atoms with Gasteiger partial charge in [0.25, 0.3) is 5.56 Å². The number of fused-ring (bicyclic) bond motifs is 1. The van der Waals surface area contributed by atoms with Crippen LogP contribution in [0.1, 0.15) is 11.3 Å². The van der Waals surface area contributed by atoms with Crippen LogP contribution in [0.4, 0.5) is 0 Å². The molecule has 0 unspecified atom stereocenters. The van der Waals surface area contributed by atoms with Crippen LogP contribution >= 0.6 is 0 Å². The van der Waals surface area contributed by atoms with Gasteiger partial charge in [0.2, 0.25) is 0 Å².